The van der Waals surface area contributed by atoms with Gasteiger partial charge < -0.3 is 42.8 Å². The molecule has 91 heavy (non-hydrogen) atoms. The van der Waals surface area contributed by atoms with Crippen molar-refractivity contribution < 1.29 is 71.6 Å². The highest BCUT2D eigenvalue weighted by Gasteiger charge is 2.52. The normalized spacial score (nSPS) is 13.9. The lowest BCUT2D eigenvalue weighted by molar-refractivity contribution is -0.167. The molecule has 0 amide bonds. The number of fused-ring (bicyclic) bond motifs is 1. The van der Waals surface area contributed by atoms with Crippen molar-refractivity contribution in [1.29, 1.82) is 0 Å². The predicted molar refractivity (Wildman–Crippen MR) is 390 cm³/mol. The van der Waals surface area contributed by atoms with Crippen molar-refractivity contribution in [1.82, 2.24) is 0 Å². The molecule has 2 unspecified atom stereocenters. The number of halogens is 10. The van der Waals surface area contributed by atoms with Crippen molar-refractivity contribution in [3.63, 3.8) is 0 Å². The van der Waals surface area contributed by atoms with E-state index in [9.17, 15) is 33.9 Å². The van der Waals surface area contributed by atoms with Crippen LogP contribution in [0, 0.1) is 34.6 Å². The second kappa shape index (κ2) is 40.4. The molecule has 2 aliphatic rings. The molecule has 5 aromatic heterocycles. The number of hydrogen-bond acceptors (Lipinski definition) is 20. The number of benzene rings is 1. The molecular weight excluding hydrogens is 1710 g/mol. The van der Waals surface area contributed by atoms with E-state index in [2.05, 4.69) is 141 Å². The fourth-order valence-corrected chi connectivity index (χ4v) is 16.8. The summed E-state index contributed by atoms with van der Waals surface area (Å²) in [7, 11) is -0.280. The molecule has 6 aromatic rings. The van der Waals surface area contributed by atoms with E-state index in [1.165, 1.54) is 53.8 Å². The lowest BCUT2D eigenvalue weighted by atomic mass is 9.78. The number of aliphatic hydroxyl groups excluding tert-OH is 1. The maximum atomic E-state index is 12.1. The van der Waals surface area contributed by atoms with Gasteiger partial charge in [0.2, 0.25) is 0 Å². The van der Waals surface area contributed by atoms with Crippen LogP contribution in [0.4, 0.5) is 0 Å². The minimum absolute atomic E-state index is 0.178. The minimum atomic E-state index is -1.27. The van der Waals surface area contributed by atoms with Crippen LogP contribution in [-0.2, 0) is 63.4 Å². The van der Waals surface area contributed by atoms with Gasteiger partial charge in [-0.15, -0.1) is 56.7 Å². The van der Waals surface area contributed by atoms with E-state index in [1.54, 1.807) is 64.2 Å². The van der Waals surface area contributed by atoms with Gasteiger partial charge in [-0.1, -0.05) is 58.5 Å². The number of aliphatic hydroxyl groups is 1. The molecule has 0 saturated carbocycles. The first-order chi connectivity index (χ1) is 42.2. The van der Waals surface area contributed by atoms with E-state index in [-0.39, 0.29) is 38.1 Å². The largest absolute Gasteiger partial charge is 0.494 e. The van der Waals surface area contributed by atoms with Crippen LogP contribution >= 0.6 is 194 Å². The van der Waals surface area contributed by atoms with E-state index in [4.69, 9.17) is 86.3 Å². The summed E-state index contributed by atoms with van der Waals surface area (Å²) in [6, 6.07) is 10.4. The molecule has 2 atom stereocenters. The van der Waals surface area contributed by atoms with Gasteiger partial charge in [0, 0.05) is 49.8 Å². The summed E-state index contributed by atoms with van der Waals surface area (Å²) in [5.74, 6) is -2.55. The zero-order valence-electron chi connectivity index (χ0n) is 52.6. The second-order valence-electron chi connectivity index (χ2n) is 20.8. The summed E-state index contributed by atoms with van der Waals surface area (Å²) in [4.78, 5) is 71.2. The molecule has 8 rings (SSSR count). The number of rotatable bonds is 13. The number of ketones is 1. The Hall–Kier alpha value is -1.51. The fourth-order valence-electron chi connectivity index (χ4n) is 7.34. The summed E-state index contributed by atoms with van der Waals surface area (Å²) >= 11 is 52.0. The Morgan fingerprint density at radius 2 is 1.14 bits per heavy atom. The van der Waals surface area contributed by atoms with Crippen LogP contribution in [0.15, 0.2) is 58.1 Å². The zero-order chi connectivity index (χ0) is 69.6. The molecule has 0 bridgehead atoms. The van der Waals surface area contributed by atoms with Crippen LogP contribution in [0.3, 0.4) is 0 Å². The van der Waals surface area contributed by atoms with Crippen molar-refractivity contribution in [3.05, 3.63) is 122 Å². The van der Waals surface area contributed by atoms with Gasteiger partial charge >= 0.3 is 36.2 Å². The molecular formula is C60H71BBr5Cl5O15S5. The Balaban J connectivity index is 0.000000372. The smallest absolute Gasteiger partial charge is 0.493 e. The minimum Gasteiger partial charge on any atom is -0.493 e. The molecule has 1 saturated heterocycles. The average molecular weight is 1780 g/mol. The van der Waals surface area contributed by atoms with E-state index in [0.717, 1.165) is 54.8 Å². The first-order valence-electron chi connectivity index (χ1n) is 27.5. The summed E-state index contributed by atoms with van der Waals surface area (Å²) < 4.78 is 48.6. The van der Waals surface area contributed by atoms with Crippen LogP contribution in [0.25, 0.3) is 0 Å². The summed E-state index contributed by atoms with van der Waals surface area (Å²) in [6.07, 6.45) is 0.115. The first kappa shape index (κ1) is 85.6. The summed E-state index contributed by atoms with van der Waals surface area (Å²) in [5.41, 5.74) is 2.85. The van der Waals surface area contributed by atoms with Crippen molar-refractivity contribution in [3.8, 4) is 5.75 Å². The third kappa shape index (κ3) is 27.4. The Kier molecular flexibility index (Phi) is 38.0. The molecule has 0 spiro atoms. The Morgan fingerprint density at radius 3 is 1.52 bits per heavy atom. The van der Waals surface area contributed by atoms with Crippen LogP contribution in [0.1, 0.15) is 146 Å². The van der Waals surface area contributed by atoms with Gasteiger partial charge in [-0.2, -0.15) is 0 Å². The third-order valence-electron chi connectivity index (χ3n) is 12.1. The van der Waals surface area contributed by atoms with Crippen molar-refractivity contribution in [2.45, 2.75) is 153 Å². The van der Waals surface area contributed by atoms with E-state index in [1.807, 2.05) is 52.8 Å². The zero-order valence-corrected chi connectivity index (χ0v) is 68.4. The van der Waals surface area contributed by atoms with Gasteiger partial charge in [0.15, 0.2) is 12.2 Å². The highest BCUT2D eigenvalue weighted by Crippen LogP contribution is 2.44. The molecule has 504 valence electrons. The highest BCUT2D eigenvalue weighted by molar-refractivity contribution is 9.11. The van der Waals surface area contributed by atoms with E-state index >= 15 is 0 Å². The fraction of sp³-hybridized carbons (Fsp3) is 0.467. The maximum Gasteiger partial charge on any atom is 0.494 e. The molecule has 1 fully saturated rings. The van der Waals surface area contributed by atoms with Gasteiger partial charge in [-0.05, 0) is 244 Å². The van der Waals surface area contributed by atoms with Gasteiger partial charge in [0.1, 0.15) is 23.1 Å². The molecule has 2 aliphatic heterocycles. The molecule has 0 radical (unpaired) electrons. The van der Waals surface area contributed by atoms with Crippen LogP contribution < -0.4 is 10.2 Å². The van der Waals surface area contributed by atoms with Gasteiger partial charge in [-0.3, -0.25) is 9.59 Å². The van der Waals surface area contributed by atoms with Crippen molar-refractivity contribution in [2.75, 3.05) is 33.0 Å². The Bertz CT molecular complexity index is 3360. The highest BCUT2D eigenvalue weighted by atomic mass is 79.9. The maximum absolute atomic E-state index is 12.1. The summed E-state index contributed by atoms with van der Waals surface area (Å²) in [6.45, 7) is 32.0. The van der Waals surface area contributed by atoms with Gasteiger partial charge in [0.05, 0.1) is 68.8 Å². The summed E-state index contributed by atoms with van der Waals surface area (Å²) in [5, 5.41) is 10.7. The lowest BCUT2D eigenvalue weighted by Gasteiger charge is -2.32. The standard InChI is InChI=1S/C15H21BO3.C13H18BrClO3S.C9H10BrClO3S.C9H8BrClO3S.C5H4BrClS.C5H5BrS.C4H5ClO3/c1-14(2)15(3,4)19-16(18-14)12-7-8-13-11(10-12)6-5-9-17-13;1-6-17-12(16)10(18-13(3,4)5)8-7(2)19-11(15)9(8)14;2*1-3-14-9(13)7(12)5-4(2)15-8(11)6(5)10;1-3-2-4(6)5(7)8-3;1-4-2-5(6)3-7-4;1-2-8-4(7)3(5)6/h7-8,10H,5-6,9H2,1-4H3;10H,6H2,1-5H3;7,12H,3H2,1-2H3;3H2,1-2H3;2H,1H3;2-3H,1H3;2H2,1H3. The number of esters is 4. The Morgan fingerprint density at radius 1 is 0.648 bits per heavy atom. The monoisotopic (exact) mass is 1770 g/mol. The number of ether oxygens (including phenoxy) is 6. The van der Waals surface area contributed by atoms with Gasteiger partial charge in [0.25, 0.3) is 5.78 Å². The number of carbonyl (C=O) groups is 6. The molecule has 7 heterocycles. The van der Waals surface area contributed by atoms with Crippen LogP contribution in [0.5, 0.6) is 5.75 Å². The SMILES string of the molecule is CC1(C)OB(c2ccc3c(c2)CCCO3)OC1(C)C.CCOC(=O)C(=O)Cl.CCOC(=O)C(=O)c1c(C)sc(Cl)c1Br.CCOC(=O)C(O)c1c(C)sc(Cl)c1Br.CCOC(=O)C(OC(C)(C)C)c1c(C)sc(Cl)c1Br.Cc1cc(Br)c(Cl)s1.Cc1cc(Br)cs1. The van der Waals surface area contributed by atoms with Crippen molar-refractivity contribution >= 4 is 242 Å². The van der Waals surface area contributed by atoms with Gasteiger partial charge in [-0.25, -0.2) is 19.2 Å². The van der Waals surface area contributed by atoms with Crippen molar-refractivity contribution in [2.24, 2.45) is 0 Å². The lowest BCUT2D eigenvalue weighted by Crippen LogP contribution is -2.41. The Labute approximate surface area is 620 Å². The number of aryl methyl sites for hydroxylation is 6. The molecule has 1 aromatic carbocycles. The second-order valence-corrected chi connectivity index (χ2v) is 33.7. The predicted octanol–water partition coefficient (Wildman–Crippen LogP) is 20.1. The topological polar surface area (TPSA) is 196 Å². The number of carbonyl (C=O) groups excluding carboxylic acids is 6. The van der Waals surface area contributed by atoms with Crippen LogP contribution in [0.2, 0.25) is 17.3 Å². The average Bonchev–Trinajstić information content (AvgIpc) is 1.67. The third-order valence-corrected chi connectivity index (χ3v) is 24.2. The van der Waals surface area contributed by atoms with E-state index in [0.29, 0.717) is 49.0 Å². The number of Topliss-reactive ketones (excluding diaryl/α,β-unsaturated/α-hetero) is 1. The number of hydrogen-bond donors (Lipinski definition) is 1. The van der Waals surface area contributed by atoms with E-state index < -0.39 is 52.7 Å². The first-order valence-corrected chi connectivity index (χ1v) is 37.5. The quantitative estimate of drug-likeness (QED) is 0.0286. The molecule has 31 heteroatoms. The molecule has 1 N–H and O–H groups in total. The molecule has 0 aliphatic carbocycles. The number of thiophene rings is 5. The van der Waals surface area contributed by atoms with Crippen LogP contribution in [-0.4, -0.2) is 97.0 Å². The molecule has 15 nitrogen and oxygen atoms in total.